The second kappa shape index (κ2) is 4.78. The maximum atomic E-state index is 11.6. The Kier molecular flexibility index (Phi) is 3.39. The predicted molar refractivity (Wildman–Crippen MR) is 63.7 cm³/mol. The summed E-state index contributed by atoms with van der Waals surface area (Å²) < 4.78 is 1.01. The Morgan fingerprint density at radius 2 is 2.06 bits per heavy atom. The van der Waals surface area contributed by atoms with Crippen LogP contribution in [-0.2, 0) is 16.0 Å². The molecule has 0 aliphatic carbocycles. The number of benzene rings is 1. The average molecular weight is 282 g/mol. The zero-order valence-corrected chi connectivity index (χ0v) is 10.3. The normalized spacial score (nSPS) is 20.7. The fourth-order valence-electron chi connectivity index (χ4n) is 1.86. The molecular weight excluding hydrogens is 270 g/mol. The Balaban J connectivity index is 2.08. The predicted octanol–water partition coefficient (Wildman–Crippen LogP) is 2.04. The van der Waals surface area contributed by atoms with Crippen LogP contribution in [0.1, 0.15) is 18.4 Å². The number of amides is 2. The molecule has 16 heavy (non-hydrogen) atoms. The Bertz CT molecular complexity index is 431. The van der Waals surface area contributed by atoms with E-state index < -0.39 is 0 Å². The van der Waals surface area contributed by atoms with Crippen molar-refractivity contribution in [3.05, 3.63) is 34.3 Å². The van der Waals surface area contributed by atoms with Gasteiger partial charge in [0.1, 0.15) is 0 Å². The van der Waals surface area contributed by atoms with Gasteiger partial charge < -0.3 is 0 Å². The summed E-state index contributed by atoms with van der Waals surface area (Å²) in [4.78, 5) is 22.6. The molecule has 1 atom stereocenters. The van der Waals surface area contributed by atoms with Gasteiger partial charge in [-0.25, -0.2) is 0 Å². The molecule has 2 rings (SSSR count). The van der Waals surface area contributed by atoms with Crippen molar-refractivity contribution >= 4 is 27.7 Å². The Morgan fingerprint density at radius 1 is 1.31 bits per heavy atom. The molecular formula is C12H12BrNO2. The quantitative estimate of drug-likeness (QED) is 0.844. The van der Waals surface area contributed by atoms with Crippen LogP contribution in [0, 0.1) is 5.92 Å². The Hall–Kier alpha value is -1.16. The molecule has 0 saturated carbocycles. The first-order valence-electron chi connectivity index (χ1n) is 5.24. The summed E-state index contributed by atoms with van der Waals surface area (Å²) in [6, 6.07) is 7.85. The lowest BCUT2D eigenvalue weighted by atomic mass is 9.91. The highest BCUT2D eigenvalue weighted by Crippen LogP contribution is 2.23. The van der Waals surface area contributed by atoms with Gasteiger partial charge >= 0.3 is 0 Å². The highest BCUT2D eigenvalue weighted by Gasteiger charge is 2.26. The second-order valence-electron chi connectivity index (χ2n) is 3.94. The molecule has 0 radical (unpaired) electrons. The van der Waals surface area contributed by atoms with Gasteiger partial charge in [0.15, 0.2) is 0 Å². The lowest BCUT2D eigenvalue weighted by Gasteiger charge is -2.21. The molecule has 1 aromatic carbocycles. The standard InChI is InChI=1S/C12H12BrNO2/c13-10-4-2-1-3-8(10)7-9-5-6-11(15)14-12(9)16/h1-4,9H,5-7H2,(H,14,15,16). The third kappa shape index (κ3) is 2.50. The van der Waals surface area contributed by atoms with Gasteiger partial charge in [-0.05, 0) is 24.5 Å². The molecule has 1 heterocycles. The van der Waals surface area contributed by atoms with Crippen molar-refractivity contribution in [3.63, 3.8) is 0 Å². The van der Waals surface area contributed by atoms with Crippen molar-refractivity contribution in [3.8, 4) is 0 Å². The van der Waals surface area contributed by atoms with E-state index >= 15 is 0 Å². The van der Waals surface area contributed by atoms with Crippen LogP contribution >= 0.6 is 15.9 Å². The van der Waals surface area contributed by atoms with E-state index in [-0.39, 0.29) is 17.7 Å². The van der Waals surface area contributed by atoms with Gasteiger partial charge in [-0.1, -0.05) is 34.1 Å². The second-order valence-corrected chi connectivity index (χ2v) is 4.80. The molecule has 1 aliphatic rings. The largest absolute Gasteiger partial charge is 0.296 e. The van der Waals surface area contributed by atoms with Crippen molar-refractivity contribution < 1.29 is 9.59 Å². The summed E-state index contributed by atoms with van der Waals surface area (Å²) in [7, 11) is 0. The number of carbonyl (C=O) groups is 2. The Morgan fingerprint density at radius 3 is 2.75 bits per heavy atom. The van der Waals surface area contributed by atoms with E-state index in [1.807, 2.05) is 24.3 Å². The highest BCUT2D eigenvalue weighted by molar-refractivity contribution is 9.10. The molecule has 0 bridgehead atoms. The number of hydrogen-bond acceptors (Lipinski definition) is 2. The van der Waals surface area contributed by atoms with Crippen molar-refractivity contribution in [2.75, 3.05) is 0 Å². The molecule has 1 aromatic rings. The summed E-state index contributed by atoms with van der Waals surface area (Å²) in [6.45, 7) is 0. The minimum Gasteiger partial charge on any atom is -0.296 e. The van der Waals surface area contributed by atoms with Crippen molar-refractivity contribution in [2.24, 2.45) is 5.92 Å². The van der Waals surface area contributed by atoms with Gasteiger partial charge in [0.2, 0.25) is 11.8 Å². The number of carbonyl (C=O) groups excluding carboxylic acids is 2. The van der Waals surface area contributed by atoms with Crippen LogP contribution in [0.2, 0.25) is 0 Å². The zero-order chi connectivity index (χ0) is 11.5. The molecule has 0 spiro atoms. The number of rotatable bonds is 2. The molecule has 1 saturated heterocycles. The van der Waals surface area contributed by atoms with E-state index in [1.54, 1.807) is 0 Å². The average Bonchev–Trinajstić information content (AvgIpc) is 2.25. The number of hydrogen-bond donors (Lipinski definition) is 1. The van der Waals surface area contributed by atoms with Gasteiger partial charge in [-0.15, -0.1) is 0 Å². The number of halogens is 1. The molecule has 2 amide bonds. The molecule has 1 fully saturated rings. The molecule has 1 aliphatic heterocycles. The van der Waals surface area contributed by atoms with Gasteiger partial charge in [-0.3, -0.25) is 14.9 Å². The smallest absolute Gasteiger partial charge is 0.230 e. The lowest BCUT2D eigenvalue weighted by Crippen LogP contribution is -2.41. The summed E-state index contributed by atoms with van der Waals surface area (Å²) in [5, 5.41) is 2.38. The van der Waals surface area contributed by atoms with Crippen molar-refractivity contribution in [1.29, 1.82) is 0 Å². The highest BCUT2D eigenvalue weighted by atomic mass is 79.9. The zero-order valence-electron chi connectivity index (χ0n) is 8.70. The van der Waals surface area contributed by atoms with Crippen LogP contribution in [-0.4, -0.2) is 11.8 Å². The summed E-state index contributed by atoms with van der Waals surface area (Å²) in [5.74, 6) is -0.392. The molecule has 3 nitrogen and oxygen atoms in total. The van der Waals surface area contributed by atoms with Crippen LogP contribution in [0.4, 0.5) is 0 Å². The number of nitrogens with one attached hydrogen (secondary N) is 1. The van der Waals surface area contributed by atoms with Gasteiger partial charge in [0, 0.05) is 16.8 Å². The van der Waals surface area contributed by atoms with Gasteiger partial charge in [0.05, 0.1) is 0 Å². The number of imide groups is 1. The lowest BCUT2D eigenvalue weighted by molar-refractivity contribution is -0.136. The first-order valence-corrected chi connectivity index (χ1v) is 6.03. The van der Waals surface area contributed by atoms with Crippen LogP contribution < -0.4 is 5.32 Å². The van der Waals surface area contributed by atoms with E-state index in [0.717, 1.165) is 10.0 Å². The number of piperidine rings is 1. The monoisotopic (exact) mass is 281 g/mol. The summed E-state index contributed by atoms with van der Waals surface area (Å²) in [5.41, 5.74) is 1.11. The van der Waals surface area contributed by atoms with Crippen LogP contribution in [0.25, 0.3) is 0 Å². The van der Waals surface area contributed by atoms with Crippen LogP contribution in [0.3, 0.4) is 0 Å². The maximum absolute atomic E-state index is 11.6. The van der Waals surface area contributed by atoms with Crippen molar-refractivity contribution in [1.82, 2.24) is 5.32 Å². The summed E-state index contributed by atoms with van der Waals surface area (Å²) >= 11 is 3.46. The fraction of sp³-hybridized carbons (Fsp3) is 0.333. The molecule has 1 unspecified atom stereocenters. The van der Waals surface area contributed by atoms with Gasteiger partial charge in [0.25, 0.3) is 0 Å². The van der Waals surface area contributed by atoms with E-state index in [9.17, 15) is 9.59 Å². The first kappa shape index (κ1) is 11.3. The van der Waals surface area contributed by atoms with Crippen molar-refractivity contribution in [2.45, 2.75) is 19.3 Å². The first-order chi connectivity index (χ1) is 7.66. The minimum atomic E-state index is -0.159. The SMILES string of the molecule is O=C1CCC(Cc2ccccc2Br)C(=O)N1. The third-order valence-electron chi connectivity index (χ3n) is 2.78. The topological polar surface area (TPSA) is 46.2 Å². The third-order valence-corrected chi connectivity index (χ3v) is 3.55. The minimum absolute atomic E-state index is 0.0867. The molecule has 4 heteroatoms. The molecule has 1 N–H and O–H groups in total. The van der Waals surface area contributed by atoms with E-state index in [4.69, 9.17) is 0 Å². The van der Waals surface area contributed by atoms with Gasteiger partial charge in [-0.2, -0.15) is 0 Å². The summed E-state index contributed by atoms with van der Waals surface area (Å²) in [6.07, 6.45) is 1.77. The van der Waals surface area contributed by atoms with E-state index in [1.165, 1.54) is 0 Å². The van der Waals surface area contributed by atoms with E-state index in [2.05, 4.69) is 21.2 Å². The maximum Gasteiger partial charge on any atom is 0.230 e. The van der Waals surface area contributed by atoms with E-state index in [0.29, 0.717) is 19.3 Å². The fourth-order valence-corrected chi connectivity index (χ4v) is 2.31. The molecule has 84 valence electrons. The van der Waals surface area contributed by atoms with Crippen LogP contribution in [0.5, 0.6) is 0 Å². The van der Waals surface area contributed by atoms with Crippen LogP contribution in [0.15, 0.2) is 28.7 Å². The molecule has 0 aromatic heterocycles. The Labute approximate surface area is 102 Å².